The molecule has 0 aromatic heterocycles. The fourth-order valence-electron chi connectivity index (χ4n) is 4.38. The molecule has 186 valence electrons. The van der Waals surface area contributed by atoms with Crippen LogP contribution in [0.15, 0.2) is 66.2 Å². The maximum atomic E-state index is 13.5. The van der Waals surface area contributed by atoms with Crippen LogP contribution >= 0.6 is 23.2 Å². The van der Waals surface area contributed by atoms with Gasteiger partial charge in [-0.3, -0.25) is 14.5 Å². The number of aliphatic hydroxyl groups is 1. The molecule has 7 heteroatoms. The molecule has 1 atom stereocenters. The normalized spacial score (nSPS) is 17.5. The predicted molar refractivity (Wildman–Crippen MR) is 144 cm³/mol. The minimum atomic E-state index is -0.890. The van der Waals surface area contributed by atoms with Crippen LogP contribution < -0.4 is 9.64 Å². The third kappa shape index (κ3) is 4.49. The van der Waals surface area contributed by atoms with Gasteiger partial charge in [-0.2, -0.15) is 0 Å². The molecule has 1 heterocycles. The second-order valence-corrected chi connectivity index (χ2v) is 10.6. The summed E-state index contributed by atoms with van der Waals surface area (Å²) in [6, 6.07) is 16.8. The molecule has 0 aliphatic carbocycles. The summed E-state index contributed by atoms with van der Waals surface area (Å²) in [5.41, 5.74) is 2.96. The number of hydrogen-bond donors (Lipinski definition) is 1. The van der Waals surface area contributed by atoms with Gasteiger partial charge in [-0.05, 0) is 59.4 Å². The Morgan fingerprint density at radius 3 is 2.25 bits per heavy atom. The largest absolute Gasteiger partial charge is 0.507 e. The van der Waals surface area contributed by atoms with E-state index < -0.39 is 17.7 Å². The van der Waals surface area contributed by atoms with Gasteiger partial charge in [0, 0.05) is 16.3 Å². The first-order chi connectivity index (χ1) is 17.0. The average Bonchev–Trinajstić information content (AvgIpc) is 3.10. The fourth-order valence-corrected chi connectivity index (χ4v) is 4.75. The van der Waals surface area contributed by atoms with Crippen molar-refractivity contribution < 1.29 is 19.4 Å². The van der Waals surface area contributed by atoms with E-state index >= 15 is 0 Å². The molecule has 1 aliphatic rings. The van der Waals surface area contributed by atoms with Crippen molar-refractivity contribution in [2.75, 3.05) is 12.0 Å². The average molecular weight is 524 g/mol. The second kappa shape index (κ2) is 9.64. The number of methoxy groups -OCH3 is 1. The summed E-state index contributed by atoms with van der Waals surface area (Å²) in [6.07, 6.45) is 0. The van der Waals surface area contributed by atoms with E-state index in [4.69, 9.17) is 27.9 Å². The quantitative estimate of drug-likeness (QED) is 0.222. The Labute approximate surface area is 220 Å². The molecule has 0 bridgehead atoms. The summed E-state index contributed by atoms with van der Waals surface area (Å²) in [5.74, 6) is -1.49. The molecular weight excluding hydrogens is 497 g/mol. The lowest BCUT2D eigenvalue weighted by atomic mass is 9.85. The van der Waals surface area contributed by atoms with Crippen LogP contribution in [0.3, 0.4) is 0 Å². The summed E-state index contributed by atoms with van der Waals surface area (Å²) in [6.45, 7) is 8.10. The standard InChI is InChI=1S/C29H27Cl2NO4/c1-16-21(30)7-6-8-23(16)32-25(17-9-11-18(12-10-17)29(2,3)4)24(27(34)28(32)35)26(33)20-15-19(36-5)13-14-22(20)31/h6-15,25,33H,1-5H3/b26-24+. The molecule has 36 heavy (non-hydrogen) atoms. The van der Waals surface area contributed by atoms with Gasteiger partial charge in [0.25, 0.3) is 11.7 Å². The lowest BCUT2D eigenvalue weighted by molar-refractivity contribution is -0.132. The lowest BCUT2D eigenvalue weighted by Crippen LogP contribution is -2.30. The van der Waals surface area contributed by atoms with E-state index in [-0.39, 0.29) is 27.3 Å². The van der Waals surface area contributed by atoms with Crippen LogP contribution in [0.1, 0.15) is 49.1 Å². The molecule has 3 aromatic rings. The van der Waals surface area contributed by atoms with Crippen LogP contribution in [-0.4, -0.2) is 23.9 Å². The smallest absolute Gasteiger partial charge is 0.300 e. The number of ether oxygens (including phenoxy) is 1. The van der Waals surface area contributed by atoms with Gasteiger partial charge in [-0.1, -0.05) is 74.3 Å². The maximum Gasteiger partial charge on any atom is 0.300 e. The van der Waals surface area contributed by atoms with Gasteiger partial charge in [-0.25, -0.2) is 0 Å². The van der Waals surface area contributed by atoms with Crippen molar-refractivity contribution in [1.29, 1.82) is 0 Å². The predicted octanol–water partition coefficient (Wildman–Crippen LogP) is 7.23. The van der Waals surface area contributed by atoms with E-state index in [9.17, 15) is 14.7 Å². The molecule has 1 aliphatic heterocycles. The first kappa shape index (κ1) is 25.8. The van der Waals surface area contributed by atoms with Crippen molar-refractivity contribution in [3.8, 4) is 5.75 Å². The summed E-state index contributed by atoms with van der Waals surface area (Å²) >= 11 is 12.8. The summed E-state index contributed by atoms with van der Waals surface area (Å²) in [7, 11) is 1.49. The van der Waals surface area contributed by atoms with Gasteiger partial charge >= 0.3 is 0 Å². The molecule has 1 unspecified atom stereocenters. The monoisotopic (exact) mass is 523 g/mol. The van der Waals surface area contributed by atoms with Crippen LogP contribution in [0.5, 0.6) is 5.75 Å². The van der Waals surface area contributed by atoms with Gasteiger partial charge in [0.05, 0.1) is 23.7 Å². The van der Waals surface area contributed by atoms with Crippen LogP contribution in [0, 0.1) is 6.92 Å². The molecule has 1 fully saturated rings. The van der Waals surface area contributed by atoms with Crippen molar-refractivity contribution in [2.45, 2.75) is 39.2 Å². The number of carbonyl (C=O) groups excluding carboxylic acids is 2. The van der Waals surface area contributed by atoms with E-state index in [1.807, 2.05) is 24.3 Å². The van der Waals surface area contributed by atoms with E-state index in [0.29, 0.717) is 27.6 Å². The minimum absolute atomic E-state index is 0.0574. The number of benzene rings is 3. The van der Waals surface area contributed by atoms with Crippen LogP contribution in [0.2, 0.25) is 10.0 Å². The third-order valence-electron chi connectivity index (χ3n) is 6.46. The number of ketones is 1. The van der Waals surface area contributed by atoms with Crippen molar-refractivity contribution in [3.05, 3.63) is 98.5 Å². The van der Waals surface area contributed by atoms with Crippen molar-refractivity contribution in [2.24, 2.45) is 0 Å². The highest BCUT2D eigenvalue weighted by molar-refractivity contribution is 6.52. The van der Waals surface area contributed by atoms with Crippen LogP contribution in [-0.2, 0) is 15.0 Å². The maximum absolute atomic E-state index is 13.5. The highest BCUT2D eigenvalue weighted by atomic mass is 35.5. The number of hydrogen-bond acceptors (Lipinski definition) is 4. The number of carbonyl (C=O) groups is 2. The minimum Gasteiger partial charge on any atom is -0.507 e. The number of anilines is 1. The lowest BCUT2D eigenvalue weighted by Gasteiger charge is -2.28. The van der Waals surface area contributed by atoms with Gasteiger partial charge < -0.3 is 9.84 Å². The zero-order valence-corrected chi connectivity index (χ0v) is 22.2. The van der Waals surface area contributed by atoms with Gasteiger partial charge in [0.1, 0.15) is 11.5 Å². The zero-order valence-electron chi connectivity index (χ0n) is 20.7. The Kier molecular flexibility index (Phi) is 6.91. The van der Waals surface area contributed by atoms with Crippen molar-refractivity contribution in [1.82, 2.24) is 0 Å². The molecule has 1 amide bonds. The summed E-state index contributed by atoms with van der Waals surface area (Å²) in [4.78, 5) is 28.3. The molecule has 1 saturated heterocycles. The molecular formula is C29H27Cl2NO4. The summed E-state index contributed by atoms with van der Waals surface area (Å²) < 4.78 is 5.28. The second-order valence-electron chi connectivity index (χ2n) is 9.77. The van der Waals surface area contributed by atoms with Gasteiger partial charge in [-0.15, -0.1) is 0 Å². The number of aliphatic hydroxyl groups excluding tert-OH is 1. The molecule has 0 radical (unpaired) electrons. The van der Waals surface area contributed by atoms with Crippen molar-refractivity contribution in [3.63, 3.8) is 0 Å². The number of halogens is 2. The van der Waals surface area contributed by atoms with Crippen LogP contribution in [0.25, 0.3) is 5.76 Å². The first-order valence-corrected chi connectivity index (χ1v) is 12.2. The molecule has 5 nitrogen and oxygen atoms in total. The Morgan fingerprint density at radius 2 is 1.64 bits per heavy atom. The summed E-state index contributed by atoms with van der Waals surface area (Å²) in [5, 5.41) is 12.1. The number of amides is 1. The SMILES string of the molecule is COc1ccc(Cl)c(/C(O)=C2\C(=O)C(=O)N(c3cccc(Cl)c3C)C2c2ccc(C(C)(C)C)cc2)c1. The Bertz CT molecular complexity index is 1390. The zero-order chi connectivity index (χ0) is 26.4. The molecule has 1 N–H and O–H groups in total. The number of Topliss-reactive ketones (excluding diaryl/α,β-unsaturated/α-hetero) is 1. The van der Waals surface area contributed by atoms with E-state index in [1.54, 1.807) is 37.3 Å². The van der Waals surface area contributed by atoms with Crippen molar-refractivity contribution >= 4 is 46.3 Å². The Morgan fingerprint density at radius 1 is 0.972 bits per heavy atom. The topological polar surface area (TPSA) is 66.8 Å². The van der Waals surface area contributed by atoms with E-state index in [0.717, 1.165) is 5.56 Å². The Balaban J connectivity index is 1.99. The number of nitrogens with zero attached hydrogens (tertiary/aromatic N) is 1. The molecule has 0 saturated carbocycles. The highest BCUT2D eigenvalue weighted by Crippen LogP contribution is 2.45. The highest BCUT2D eigenvalue weighted by Gasteiger charge is 2.47. The van der Waals surface area contributed by atoms with Crippen LogP contribution in [0.4, 0.5) is 5.69 Å². The Hall–Kier alpha value is -3.28. The van der Waals surface area contributed by atoms with E-state index in [1.165, 1.54) is 18.1 Å². The number of rotatable bonds is 4. The van der Waals surface area contributed by atoms with Gasteiger partial charge in [0.2, 0.25) is 0 Å². The fraction of sp³-hybridized carbons (Fsp3) is 0.241. The molecule has 3 aromatic carbocycles. The molecule has 4 rings (SSSR count). The first-order valence-electron chi connectivity index (χ1n) is 11.5. The van der Waals surface area contributed by atoms with Gasteiger partial charge in [0.15, 0.2) is 0 Å². The third-order valence-corrected chi connectivity index (χ3v) is 7.20. The molecule has 0 spiro atoms. The van der Waals surface area contributed by atoms with E-state index in [2.05, 4.69) is 20.8 Å².